The summed E-state index contributed by atoms with van der Waals surface area (Å²) in [6, 6.07) is 9.30. The molecule has 188 valence electrons. The summed E-state index contributed by atoms with van der Waals surface area (Å²) in [5.41, 5.74) is 0.829. The first-order chi connectivity index (χ1) is 15.0. The van der Waals surface area contributed by atoms with Crippen LogP contribution < -0.4 is 0 Å². The van der Waals surface area contributed by atoms with Crippen molar-refractivity contribution < 1.29 is 23.8 Å². The lowest BCUT2D eigenvalue weighted by Crippen LogP contribution is -2.59. The molecule has 1 aliphatic heterocycles. The van der Waals surface area contributed by atoms with Crippen LogP contribution in [-0.2, 0) is 13.6 Å². The zero-order valence-corrected chi connectivity index (χ0v) is 24.2. The summed E-state index contributed by atoms with van der Waals surface area (Å²) < 4.78 is 19.6. The van der Waals surface area contributed by atoms with Crippen LogP contribution in [0.3, 0.4) is 0 Å². The third kappa shape index (κ3) is 6.77. The van der Waals surface area contributed by atoms with Crippen LogP contribution in [0.1, 0.15) is 47.1 Å². The second-order valence-electron chi connectivity index (χ2n) is 12.1. The summed E-state index contributed by atoms with van der Waals surface area (Å²) in [5, 5.41) is 20.6. The van der Waals surface area contributed by atoms with Crippen molar-refractivity contribution in [2.75, 3.05) is 13.2 Å². The van der Waals surface area contributed by atoms with E-state index in [4.69, 9.17) is 18.6 Å². The molecule has 1 aliphatic rings. The van der Waals surface area contributed by atoms with E-state index in [1.807, 2.05) is 30.3 Å². The van der Waals surface area contributed by atoms with Crippen LogP contribution in [-0.4, -0.2) is 70.3 Å². The molecule has 1 aromatic rings. The summed E-state index contributed by atoms with van der Waals surface area (Å²) in [4.78, 5) is 4.95. The molecule has 0 radical (unpaired) electrons. The second kappa shape index (κ2) is 10.3. The average molecular weight is 496 g/mol. The van der Waals surface area contributed by atoms with Crippen LogP contribution in [0, 0.1) is 0 Å². The molecule has 6 nitrogen and oxygen atoms in total. The number of aliphatic hydroxyl groups excluding tert-OH is 2. The predicted octanol–water partition coefficient (Wildman–Crippen LogP) is 4.97. The van der Waals surface area contributed by atoms with E-state index in [0.29, 0.717) is 12.5 Å². The number of ether oxygens (including phenoxy) is 1. The smallest absolute Gasteiger partial charge is 0.216 e. The zero-order valence-electron chi connectivity index (χ0n) is 22.2. The van der Waals surface area contributed by atoms with Crippen LogP contribution in [0.4, 0.5) is 0 Å². The minimum absolute atomic E-state index is 0.0318. The van der Waals surface area contributed by atoms with Gasteiger partial charge in [0.15, 0.2) is 22.7 Å². The zero-order chi connectivity index (χ0) is 25.2. The average Bonchev–Trinajstić information content (AvgIpc) is 2.71. The fraction of sp³-hybridized carbons (Fsp3) is 0.720. The molecule has 0 amide bonds. The Hall–Kier alpha value is -1.04. The molecule has 0 spiro atoms. The van der Waals surface area contributed by atoms with Gasteiger partial charge in [-0.3, -0.25) is 0 Å². The monoisotopic (exact) mass is 495 g/mol. The number of hydrogen-bond acceptors (Lipinski definition) is 6. The van der Waals surface area contributed by atoms with E-state index < -0.39 is 41.6 Å². The molecule has 33 heavy (non-hydrogen) atoms. The summed E-state index contributed by atoms with van der Waals surface area (Å²) in [7, 11) is -4.27. The minimum atomic E-state index is -2.23. The van der Waals surface area contributed by atoms with Gasteiger partial charge >= 0.3 is 0 Å². The van der Waals surface area contributed by atoms with Gasteiger partial charge in [-0.2, -0.15) is 0 Å². The molecule has 2 N–H and O–H groups in total. The Morgan fingerprint density at radius 1 is 0.970 bits per heavy atom. The highest BCUT2D eigenvalue weighted by Crippen LogP contribution is 2.40. The van der Waals surface area contributed by atoms with Crippen molar-refractivity contribution in [1.82, 2.24) is 0 Å². The molecule has 0 unspecified atom stereocenters. The van der Waals surface area contributed by atoms with E-state index in [9.17, 15) is 10.2 Å². The number of nitrogens with zero attached hydrogens (tertiary/aromatic N) is 1. The van der Waals surface area contributed by atoms with E-state index >= 15 is 0 Å². The third-order valence-corrected chi connectivity index (χ3v) is 16.5. The maximum atomic E-state index is 10.8. The Bertz CT molecular complexity index is 799. The Kier molecular flexibility index (Phi) is 8.80. The van der Waals surface area contributed by atoms with Crippen LogP contribution in [0.2, 0.25) is 36.3 Å². The van der Waals surface area contributed by atoms with E-state index in [1.54, 1.807) is 0 Å². The number of aliphatic hydroxyl groups is 2. The predicted molar refractivity (Wildman–Crippen MR) is 140 cm³/mol. The van der Waals surface area contributed by atoms with Gasteiger partial charge in [0, 0.05) is 5.56 Å². The molecular formula is C25H45NO5Si2. The maximum absolute atomic E-state index is 10.8. The van der Waals surface area contributed by atoms with Crippen molar-refractivity contribution in [2.45, 2.75) is 102 Å². The summed E-state index contributed by atoms with van der Waals surface area (Å²) in [6.07, 6.45) is -2.36. The van der Waals surface area contributed by atoms with Crippen LogP contribution in [0.25, 0.3) is 0 Å². The maximum Gasteiger partial charge on any atom is 0.216 e. The molecule has 0 aromatic heterocycles. The molecule has 0 aliphatic carbocycles. The van der Waals surface area contributed by atoms with Gasteiger partial charge in [0.2, 0.25) is 5.90 Å². The van der Waals surface area contributed by atoms with Gasteiger partial charge in [-0.15, -0.1) is 0 Å². The van der Waals surface area contributed by atoms with Crippen molar-refractivity contribution in [3.8, 4) is 0 Å². The molecule has 0 fully saturated rings. The molecule has 1 aromatic carbocycles. The van der Waals surface area contributed by atoms with Gasteiger partial charge < -0.3 is 23.8 Å². The Labute approximate surface area is 202 Å². The molecule has 0 saturated heterocycles. The summed E-state index contributed by atoms with van der Waals surface area (Å²) >= 11 is 0. The SMILES string of the molecule is CC(C)(C)[Si](C)(C)OC[C@H]1N=C(c2ccccc2)O[C@H]([C@H](O)CO)[C@@H]1O[Si](C)(C)C(C)(C)C. The van der Waals surface area contributed by atoms with Gasteiger partial charge in [-0.05, 0) is 48.4 Å². The summed E-state index contributed by atoms with van der Waals surface area (Å²) in [6.45, 7) is 21.9. The van der Waals surface area contributed by atoms with E-state index in [2.05, 4.69) is 67.7 Å². The van der Waals surface area contributed by atoms with Crippen molar-refractivity contribution in [3.05, 3.63) is 35.9 Å². The topological polar surface area (TPSA) is 80.5 Å². The Morgan fingerprint density at radius 2 is 1.52 bits per heavy atom. The Morgan fingerprint density at radius 3 is 2.00 bits per heavy atom. The quantitative estimate of drug-likeness (QED) is 0.498. The van der Waals surface area contributed by atoms with Gasteiger partial charge in [0.1, 0.15) is 18.2 Å². The van der Waals surface area contributed by atoms with Crippen molar-refractivity contribution >= 4 is 22.5 Å². The van der Waals surface area contributed by atoms with E-state index in [1.165, 1.54) is 0 Å². The first kappa shape index (κ1) is 28.2. The molecule has 0 saturated carbocycles. The minimum Gasteiger partial charge on any atom is -0.468 e. The molecular weight excluding hydrogens is 450 g/mol. The first-order valence-corrected chi connectivity index (χ1v) is 17.7. The molecule has 2 rings (SSSR count). The van der Waals surface area contributed by atoms with Crippen LogP contribution in [0.15, 0.2) is 35.3 Å². The van der Waals surface area contributed by atoms with E-state index in [0.717, 1.165) is 5.56 Å². The van der Waals surface area contributed by atoms with E-state index in [-0.39, 0.29) is 16.1 Å². The van der Waals surface area contributed by atoms with Gasteiger partial charge in [0.25, 0.3) is 0 Å². The molecule has 1 heterocycles. The Balaban J connectivity index is 2.50. The first-order valence-electron chi connectivity index (χ1n) is 11.9. The van der Waals surface area contributed by atoms with Crippen molar-refractivity contribution in [2.24, 2.45) is 4.99 Å². The highest BCUT2D eigenvalue weighted by molar-refractivity contribution is 6.74. The fourth-order valence-corrected chi connectivity index (χ4v) is 5.44. The lowest BCUT2D eigenvalue weighted by molar-refractivity contribution is -0.0833. The largest absolute Gasteiger partial charge is 0.468 e. The van der Waals surface area contributed by atoms with Crippen molar-refractivity contribution in [1.29, 1.82) is 0 Å². The highest BCUT2D eigenvalue weighted by Gasteiger charge is 2.48. The number of benzene rings is 1. The van der Waals surface area contributed by atoms with Crippen molar-refractivity contribution in [3.63, 3.8) is 0 Å². The lowest BCUT2D eigenvalue weighted by atomic mass is 10.00. The van der Waals surface area contributed by atoms with Crippen LogP contribution >= 0.6 is 0 Å². The van der Waals surface area contributed by atoms with Gasteiger partial charge in [-0.1, -0.05) is 59.7 Å². The number of aliphatic imine (C=N–C) groups is 1. The molecule has 0 bridgehead atoms. The number of rotatable bonds is 8. The third-order valence-electron chi connectivity index (χ3n) is 7.48. The highest BCUT2D eigenvalue weighted by atomic mass is 28.4. The number of hydrogen-bond donors (Lipinski definition) is 2. The lowest BCUT2D eigenvalue weighted by Gasteiger charge is -2.46. The standard InChI is InChI=1S/C25H45NO5Si2/c1-24(2,3)32(7,8)29-17-19-21(31-33(9,10)25(4,5)6)22(20(28)16-27)30-23(26-19)18-14-12-11-13-15-18/h11-15,19-22,27-28H,16-17H2,1-10H3/t19-,20-,21-,22-/m1/s1. The van der Waals surface area contributed by atoms with Gasteiger partial charge in [0.05, 0.1) is 13.2 Å². The fourth-order valence-electron chi connectivity index (χ4n) is 3.10. The molecule has 8 heteroatoms. The molecule has 4 atom stereocenters. The summed E-state index contributed by atoms with van der Waals surface area (Å²) in [5.74, 6) is 0.451. The van der Waals surface area contributed by atoms with Gasteiger partial charge in [-0.25, -0.2) is 4.99 Å². The normalized spacial score (nSPS) is 23.6. The van der Waals surface area contributed by atoms with Crippen LogP contribution in [0.5, 0.6) is 0 Å². The second-order valence-corrected chi connectivity index (χ2v) is 21.7.